The zero-order valence-electron chi connectivity index (χ0n) is 15.4. The number of aromatic nitrogens is 1. The maximum absolute atomic E-state index is 13.6. The summed E-state index contributed by atoms with van der Waals surface area (Å²) in [6.45, 7) is 0. The number of nitrogens with zero attached hydrogens (tertiary/aromatic N) is 1. The van der Waals surface area contributed by atoms with Crippen LogP contribution in [0.5, 0.6) is 0 Å². The molecule has 0 amide bonds. The van der Waals surface area contributed by atoms with Gasteiger partial charge in [0.2, 0.25) is 0 Å². The molecule has 144 valence electrons. The van der Waals surface area contributed by atoms with Gasteiger partial charge in [0.15, 0.2) is 5.58 Å². The van der Waals surface area contributed by atoms with Gasteiger partial charge in [-0.1, -0.05) is 30.3 Å². The summed E-state index contributed by atoms with van der Waals surface area (Å²) in [4.78, 5) is 25.6. The van der Waals surface area contributed by atoms with Gasteiger partial charge >= 0.3 is 11.3 Å². The molecule has 0 radical (unpaired) electrons. The highest BCUT2D eigenvalue weighted by atomic mass is 19.1. The summed E-state index contributed by atoms with van der Waals surface area (Å²) in [7, 11) is 0. The molecule has 3 heterocycles. The SMILES string of the molecule is O=c1oc2c3c(=O)oc4ccccc4c3n(-c3ccc(F)cc3)c2c2ccccc12. The Morgan fingerprint density at radius 2 is 1.33 bits per heavy atom. The molecule has 0 aliphatic carbocycles. The van der Waals surface area contributed by atoms with E-state index in [1.54, 1.807) is 42.5 Å². The summed E-state index contributed by atoms with van der Waals surface area (Å²) in [6.07, 6.45) is 0. The molecule has 0 unspecified atom stereocenters. The molecule has 6 rings (SSSR count). The maximum atomic E-state index is 13.6. The first-order valence-electron chi connectivity index (χ1n) is 9.31. The third-order valence-corrected chi connectivity index (χ3v) is 5.36. The molecule has 0 spiro atoms. The summed E-state index contributed by atoms with van der Waals surface area (Å²) < 4.78 is 26.6. The van der Waals surface area contributed by atoms with Crippen LogP contribution in [0.4, 0.5) is 4.39 Å². The Morgan fingerprint density at radius 3 is 2.10 bits per heavy atom. The number of hydrogen-bond donors (Lipinski definition) is 0. The summed E-state index contributed by atoms with van der Waals surface area (Å²) in [5, 5.41) is 1.88. The molecule has 0 saturated carbocycles. The van der Waals surface area contributed by atoms with Gasteiger partial charge in [0.05, 0.1) is 16.4 Å². The number of halogens is 1. The Balaban J connectivity index is 2.02. The van der Waals surface area contributed by atoms with Crippen molar-refractivity contribution in [2.75, 3.05) is 0 Å². The van der Waals surface area contributed by atoms with Crippen LogP contribution in [0, 0.1) is 5.82 Å². The first kappa shape index (κ1) is 16.7. The monoisotopic (exact) mass is 397 g/mol. The van der Waals surface area contributed by atoms with Gasteiger partial charge in [-0.15, -0.1) is 0 Å². The third kappa shape index (κ3) is 2.16. The van der Waals surface area contributed by atoms with Crippen LogP contribution < -0.4 is 11.3 Å². The molecule has 0 atom stereocenters. The van der Waals surface area contributed by atoms with Gasteiger partial charge in [-0.2, -0.15) is 0 Å². The highest BCUT2D eigenvalue weighted by Crippen LogP contribution is 2.37. The molecule has 3 aromatic heterocycles. The van der Waals surface area contributed by atoms with Crippen molar-refractivity contribution in [3.05, 3.63) is 99.5 Å². The van der Waals surface area contributed by atoms with Crippen molar-refractivity contribution < 1.29 is 13.2 Å². The molecular weight excluding hydrogens is 385 g/mol. The molecule has 0 N–H and O–H groups in total. The van der Waals surface area contributed by atoms with Crippen LogP contribution in [-0.2, 0) is 0 Å². The molecule has 30 heavy (non-hydrogen) atoms. The Hall–Kier alpha value is -4.19. The van der Waals surface area contributed by atoms with Crippen LogP contribution in [-0.4, -0.2) is 4.57 Å². The van der Waals surface area contributed by atoms with Crippen LogP contribution in [0.1, 0.15) is 0 Å². The fourth-order valence-electron chi connectivity index (χ4n) is 4.10. The standard InChI is InChI=1S/C24H12FNO4/c25-13-9-11-14(12-10-13)26-20-17-7-3-4-8-18(17)29-24(28)19(20)22-21(26)15-5-1-2-6-16(15)23(27)30-22/h1-12H. The van der Waals surface area contributed by atoms with Gasteiger partial charge in [-0.3, -0.25) is 0 Å². The van der Waals surface area contributed by atoms with Crippen molar-refractivity contribution in [3.63, 3.8) is 0 Å². The predicted octanol–water partition coefficient (Wildman–Crippen LogP) is 5.14. The highest BCUT2D eigenvalue weighted by molar-refractivity contribution is 6.20. The first-order valence-corrected chi connectivity index (χ1v) is 9.31. The fourth-order valence-corrected chi connectivity index (χ4v) is 4.10. The van der Waals surface area contributed by atoms with Crippen molar-refractivity contribution in [2.45, 2.75) is 0 Å². The molecule has 0 fully saturated rings. The lowest BCUT2D eigenvalue weighted by Crippen LogP contribution is -2.01. The first-order chi connectivity index (χ1) is 14.6. The number of rotatable bonds is 1. The summed E-state index contributed by atoms with van der Waals surface area (Å²) in [6, 6.07) is 20.1. The average Bonchev–Trinajstić information content (AvgIpc) is 3.11. The molecule has 0 aliphatic rings. The van der Waals surface area contributed by atoms with E-state index in [0.29, 0.717) is 38.5 Å². The van der Waals surface area contributed by atoms with Crippen molar-refractivity contribution in [3.8, 4) is 5.69 Å². The summed E-state index contributed by atoms with van der Waals surface area (Å²) in [5.41, 5.74) is 1.15. The van der Waals surface area contributed by atoms with E-state index in [2.05, 4.69) is 0 Å². The molecule has 0 saturated heterocycles. The second kappa shape index (κ2) is 5.90. The Morgan fingerprint density at radius 1 is 0.667 bits per heavy atom. The average molecular weight is 397 g/mol. The molecular formula is C24H12FNO4. The number of fused-ring (bicyclic) bond motifs is 7. The van der Waals surface area contributed by atoms with Gasteiger partial charge in [-0.05, 0) is 42.5 Å². The third-order valence-electron chi connectivity index (χ3n) is 5.36. The minimum absolute atomic E-state index is 0.150. The number of para-hydroxylation sites is 1. The topological polar surface area (TPSA) is 65.3 Å². The smallest absolute Gasteiger partial charge is 0.349 e. The number of hydrogen-bond acceptors (Lipinski definition) is 4. The van der Waals surface area contributed by atoms with E-state index in [1.165, 1.54) is 12.1 Å². The van der Waals surface area contributed by atoms with Gasteiger partial charge < -0.3 is 13.4 Å². The van der Waals surface area contributed by atoms with Crippen molar-refractivity contribution >= 4 is 43.7 Å². The summed E-state index contributed by atoms with van der Waals surface area (Å²) >= 11 is 0. The second-order valence-electron chi connectivity index (χ2n) is 7.03. The van der Waals surface area contributed by atoms with Gasteiger partial charge in [-0.25, -0.2) is 14.0 Å². The van der Waals surface area contributed by atoms with Crippen LogP contribution in [0.2, 0.25) is 0 Å². The van der Waals surface area contributed by atoms with E-state index < -0.39 is 11.3 Å². The Labute approximate surface area is 167 Å². The van der Waals surface area contributed by atoms with E-state index in [1.807, 2.05) is 22.8 Å². The van der Waals surface area contributed by atoms with Gasteiger partial charge in [0, 0.05) is 16.5 Å². The molecule has 6 heteroatoms. The van der Waals surface area contributed by atoms with E-state index >= 15 is 0 Å². The Kier molecular flexibility index (Phi) is 3.29. The number of benzene rings is 3. The van der Waals surface area contributed by atoms with Gasteiger partial charge in [0.25, 0.3) is 0 Å². The molecule has 3 aromatic carbocycles. The van der Waals surface area contributed by atoms with Crippen molar-refractivity contribution in [2.24, 2.45) is 0 Å². The van der Waals surface area contributed by atoms with Crippen molar-refractivity contribution in [1.29, 1.82) is 0 Å². The molecule has 0 bridgehead atoms. The van der Waals surface area contributed by atoms with Crippen molar-refractivity contribution in [1.82, 2.24) is 4.57 Å². The molecule has 0 aliphatic heterocycles. The Bertz CT molecular complexity index is 1740. The van der Waals surface area contributed by atoms with E-state index in [9.17, 15) is 14.0 Å². The lowest BCUT2D eigenvalue weighted by Gasteiger charge is -2.10. The zero-order valence-corrected chi connectivity index (χ0v) is 15.4. The normalized spacial score (nSPS) is 11.8. The van der Waals surface area contributed by atoms with Crippen LogP contribution in [0.3, 0.4) is 0 Å². The van der Waals surface area contributed by atoms with Crippen LogP contribution in [0.25, 0.3) is 49.4 Å². The maximum Gasteiger partial charge on any atom is 0.349 e. The fraction of sp³-hybridized carbons (Fsp3) is 0. The minimum atomic E-state index is -0.604. The van der Waals surface area contributed by atoms with E-state index in [4.69, 9.17) is 8.83 Å². The lowest BCUT2D eigenvalue weighted by molar-refractivity contribution is 0.558. The second-order valence-corrected chi connectivity index (χ2v) is 7.03. The summed E-state index contributed by atoms with van der Waals surface area (Å²) in [5.74, 6) is -0.375. The quantitative estimate of drug-likeness (QED) is 0.361. The van der Waals surface area contributed by atoms with Crippen LogP contribution in [0.15, 0.2) is 91.2 Å². The largest absolute Gasteiger partial charge is 0.422 e. The zero-order chi connectivity index (χ0) is 20.4. The van der Waals surface area contributed by atoms with E-state index in [0.717, 1.165) is 0 Å². The molecule has 5 nitrogen and oxygen atoms in total. The van der Waals surface area contributed by atoms with E-state index in [-0.39, 0.29) is 16.8 Å². The lowest BCUT2D eigenvalue weighted by atomic mass is 10.1. The highest BCUT2D eigenvalue weighted by Gasteiger charge is 2.24. The molecule has 6 aromatic rings. The van der Waals surface area contributed by atoms with Crippen LogP contribution >= 0.6 is 0 Å². The predicted molar refractivity (Wildman–Crippen MR) is 113 cm³/mol. The van der Waals surface area contributed by atoms with Gasteiger partial charge in [0.1, 0.15) is 16.8 Å². The minimum Gasteiger partial charge on any atom is -0.422 e.